The summed E-state index contributed by atoms with van der Waals surface area (Å²) in [7, 11) is 0. The van der Waals surface area contributed by atoms with E-state index in [2.05, 4.69) is 10.4 Å². The molecule has 9 nitrogen and oxygen atoms in total. The summed E-state index contributed by atoms with van der Waals surface area (Å²) in [4.78, 5) is 50.9. The number of benzene rings is 2. The van der Waals surface area contributed by atoms with Crippen LogP contribution >= 0.6 is 0 Å². The number of para-hydroxylation sites is 1. The molecule has 0 fully saturated rings. The van der Waals surface area contributed by atoms with Gasteiger partial charge in [-0.2, -0.15) is 5.10 Å². The Morgan fingerprint density at radius 3 is 2.15 bits per heavy atom. The van der Waals surface area contributed by atoms with Crippen molar-refractivity contribution < 1.29 is 23.9 Å². The van der Waals surface area contributed by atoms with E-state index in [1.807, 2.05) is 37.3 Å². The quantitative estimate of drug-likeness (QED) is 0.460. The van der Waals surface area contributed by atoms with E-state index in [0.29, 0.717) is 11.4 Å². The first-order valence-electron chi connectivity index (χ1n) is 10.3. The van der Waals surface area contributed by atoms with Crippen molar-refractivity contribution in [3.63, 3.8) is 0 Å². The van der Waals surface area contributed by atoms with Gasteiger partial charge in [-0.3, -0.25) is 19.3 Å². The fourth-order valence-electron chi connectivity index (χ4n) is 3.74. The normalized spacial score (nSPS) is 13.6. The molecule has 4 rings (SSSR count). The number of nitrogens with one attached hydrogen (secondary N) is 1. The Hall–Kier alpha value is -4.27. The van der Waals surface area contributed by atoms with Crippen LogP contribution in [0.25, 0.3) is 5.69 Å². The zero-order valence-electron chi connectivity index (χ0n) is 18.4. The van der Waals surface area contributed by atoms with Gasteiger partial charge in [0, 0.05) is 0 Å². The highest BCUT2D eigenvalue weighted by molar-refractivity contribution is 6.22. The van der Waals surface area contributed by atoms with Gasteiger partial charge in [0.25, 0.3) is 17.7 Å². The second kappa shape index (κ2) is 8.70. The molecule has 0 saturated carbocycles. The summed E-state index contributed by atoms with van der Waals surface area (Å²) in [5, 5.41) is 7.18. The first-order valence-corrected chi connectivity index (χ1v) is 10.3. The van der Waals surface area contributed by atoms with E-state index in [1.54, 1.807) is 23.7 Å². The monoisotopic (exact) mass is 446 g/mol. The van der Waals surface area contributed by atoms with Crippen molar-refractivity contribution in [1.82, 2.24) is 14.7 Å². The van der Waals surface area contributed by atoms with Gasteiger partial charge in [0.15, 0.2) is 6.61 Å². The molecule has 0 spiro atoms. The molecule has 1 unspecified atom stereocenters. The molecule has 3 amide bonds. The van der Waals surface area contributed by atoms with Crippen LogP contribution in [0.4, 0.5) is 5.69 Å². The summed E-state index contributed by atoms with van der Waals surface area (Å²) in [6.07, 6.45) is 0. The molecule has 0 saturated heterocycles. The molecule has 3 aromatic rings. The number of anilines is 1. The molecule has 1 aliphatic heterocycles. The van der Waals surface area contributed by atoms with Crippen molar-refractivity contribution in [1.29, 1.82) is 0 Å². The molecule has 1 N–H and O–H groups in total. The topological polar surface area (TPSA) is 111 Å². The Balaban J connectivity index is 1.39. The molecule has 9 heteroatoms. The maximum absolute atomic E-state index is 12.5. The lowest BCUT2D eigenvalue weighted by Crippen LogP contribution is -2.44. The zero-order chi connectivity index (χ0) is 23.7. The molecule has 2 aromatic carbocycles. The number of ether oxygens (including phenoxy) is 1. The van der Waals surface area contributed by atoms with Gasteiger partial charge in [0.05, 0.1) is 33.9 Å². The number of hydrogen-bond donors (Lipinski definition) is 1. The van der Waals surface area contributed by atoms with E-state index in [1.165, 1.54) is 19.1 Å². The molecular formula is C24H22N4O5. The predicted octanol–water partition coefficient (Wildman–Crippen LogP) is 2.66. The average molecular weight is 446 g/mol. The molecule has 2 heterocycles. The second-order valence-electron chi connectivity index (χ2n) is 7.65. The number of amides is 3. The highest BCUT2D eigenvalue weighted by atomic mass is 16.5. The smallest absolute Gasteiger partial charge is 0.329 e. The van der Waals surface area contributed by atoms with E-state index in [-0.39, 0.29) is 11.1 Å². The average Bonchev–Trinajstić information content (AvgIpc) is 3.25. The summed E-state index contributed by atoms with van der Waals surface area (Å²) in [5.74, 6) is -2.54. The van der Waals surface area contributed by atoms with Crippen molar-refractivity contribution in [2.45, 2.75) is 26.8 Å². The number of aromatic nitrogens is 2. The fourth-order valence-corrected chi connectivity index (χ4v) is 3.74. The van der Waals surface area contributed by atoms with Crippen molar-refractivity contribution >= 4 is 29.4 Å². The number of nitrogens with zero attached hydrogens (tertiary/aromatic N) is 3. The number of hydrogen-bond acceptors (Lipinski definition) is 6. The first-order chi connectivity index (χ1) is 15.8. The van der Waals surface area contributed by atoms with Gasteiger partial charge >= 0.3 is 5.97 Å². The summed E-state index contributed by atoms with van der Waals surface area (Å²) in [5.41, 5.74) is 3.17. The third kappa shape index (κ3) is 4.00. The van der Waals surface area contributed by atoms with E-state index in [4.69, 9.17) is 4.74 Å². The Labute approximate surface area is 190 Å². The molecule has 1 aliphatic rings. The number of esters is 1. The van der Waals surface area contributed by atoms with Gasteiger partial charge in [-0.05, 0) is 45.0 Å². The van der Waals surface area contributed by atoms with Crippen LogP contribution in [0.2, 0.25) is 0 Å². The van der Waals surface area contributed by atoms with Crippen LogP contribution in [-0.2, 0) is 14.3 Å². The Kier molecular flexibility index (Phi) is 5.78. The van der Waals surface area contributed by atoms with E-state index in [9.17, 15) is 19.2 Å². The highest BCUT2D eigenvalue weighted by Crippen LogP contribution is 2.25. The van der Waals surface area contributed by atoms with Crippen LogP contribution in [0.15, 0.2) is 54.6 Å². The molecule has 33 heavy (non-hydrogen) atoms. The Morgan fingerprint density at radius 2 is 1.55 bits per heavy atom. The summed E-state index contributed by atoms with van der Waals surface area (Å²) in [6, 6.07) is 14.6. The van der Waals surface area contributed by atoms with Gasteiger partial charge in [0.1, 0.15) is 6.04 Å². The minimum absolute atomic E-state index is 0.237. The largest absolute Gasteiger partial charge is 0.454 e. The molecular weight excluding hydrogens is 424 g/mol. The molecule has 0 aliphatic carbocycles. The summed E-state index contributed by atoms with van der Waals surface area (Å²) < 4.78 is 6.80. The molecule has 1 aromatic heterocycles. The van der Waals surface area contributed by atoms with Gasteiger partial charge in [-0.15, -0.1) is 0 Å². The molecule has 0 bridgehead atoms. The Morgan fingerprint density at radius 1 is 0.970 bits per heavy atom. The van der Waals surface area contributed by atoms with Crippen LogP contribution in [0, 0.1) is 13.8 Å². The number of carbonyl (C=O) groups is 4. The van der Waals surface area contributed by atoms with Crippen molar-refractivity contribution in [2.75, 3.05) is 11.9 Å². The van der Waals surface area contributed by atoms with Gasteiger partial charge < -0.3 is 10.1 Å². The lowest BCUT2D eigenvalue weighted by Gasteiger charge is -2.20. The number of imide groups is 1. The predicted molar refractivity (Wildman–Crippen MR) is 119 cm³/mol. The summed E-state index contributed by atoms with van der Waals surface area (Å²) in [6.45, 7) is 4.40. The highest BCUT2D eigenvalue weighted by Gasteiger charge is 2.41. The van der Waals surface area contributed by atoms with E-state index >= 15 is 0 Å². The van der Waals surface area contributed by atoms with Crippen LogP contribution < -0.4 is 5.32 Å². The zero-order valence-corrected chi connectivity index (χ0v) is 18.4. The lowest BCUT2D eigenvalue weighted by atomic mass is 10.1. The van der Waals surface area contributed by atoms with Crippen LogP contribution in [0.1, 0.15) is 39.0 Å². The standard InChI is InChI=1S/C24H22N4O5/c1-14-21(15(2)28(26-14)17-9-5-4-6-10-17)25-20(29)13-33-24(32)16(3)27-22(30)18-11-7-8-12-19(18)23(27)31/h4-12,16H,13H2,1-3H3,(H,25,29). The fraction of sp³-hybridized carbons (Fsp3) is 0.208. The molecule has 1 atom stereocenters. The SMILES string of the molecule is Cc1nn(-c2ccccc2)c(C)c1NC(=O)COC(=O)C(C)N1C(=O)c2ccccc2C1=O. The third-order valence-electron chi connectivity index (χ3n) is 5.46. The van der Waals surface area contributed by atoms with Crippen LogP contribution in [0.3, 0.4) is 0 Å². The van der Waals surface area contributed by atoms with Crippen LogP contribution in [-0.4, -0.2) is 51.0 Å². The summed E-state index contributed by atoms with van der Waals surface area (Å²) >= 11 is 0. The van der Waals surface area contributed by atoms with Crippen molar-refractivity contribution in [2.24, 2.45) is 0 Å². The van der Waals surface area contributed by atoms with Crippen molar-refractivity contribution in [3.05, 3.63) is 77.1 Å². The number of aryl methyl sites for hydroxylation is 1. The Bertz CT molecular complexity index is 1230. The number of fused-ring (bicyclic) bond motifs is 1. The number of rotatable bonds is 6. The van der Waals surface area contributed by atoms with Crippen molar-refractivity contribution in [3.8, 4) is 5.69 Å². The van der Waals surface area contributed by atoms with Gasteiger partial charge in [-0.25, -0.2) is 9.48 Å². The minimum Gasteiger partial charge on any atom is -0.454 e. The van der Waals surface area contributed by atoms with E-state index in [0.717, 1.165) is 16.3 Å². The number of carbonyl (C=O) groups excluding carboxylic acids is 4. The molecule has 0 radical (unpaired) electrons. The van der Waals surface area contributed by atoms with E-state index < -0.39 is 36.3 Å². The van der Waals surface area contributed by atoms with Gasteiger partial charge in [0.2, 0.25) is 0 Å². The second-order valence-corrected chi connectivity index (χ2v) is 7.65. The van der Waals surface area contributed by atoms with Crippen LogP contribution in [0.5, 0.6) is 0 Å². The minimum atomic E-state index is -1.17. The maximum Gasteiger partial charge on any atom is 0.329 e. The van der Waals surface area contributed by atoms with Gasteiger partial charge in [-0.1, -0.05) is 30.3 Å². The lowest BCUT2D eigenvalue weighted by molar-refractivity contribution is -0.150. The maximum atomic E-state index is 12.5. The molecule has 168 valence electrons. The third-order valence-corrected chi connectivity index (χ3v) is 5.46. The first kappa shape index (κ1) is 21.9.